The first-order valence-electron chi connectivity index (χ1n) is 19.1. The monoisotopic (exact) mass is 817 g/mol. The van der Waals surface area contributed by atoms with Crippen LogP contribution in [0.25, 0.3) is 0 Å². The highest BCUT2D eigenvalue weighted by Crippen LogP contribution is 2.49. The summed E-state index contributed by atoms with van der Waals surface area (Å²) in [4.78, 5) is 13.4. The van der Waals surface area contributed by atoms with E-state index in [0.29, 0.717) is 37.6 Å². The van der Waals surface area contributed by atoms with Gasteiger partial charge in [-0.2, -0.15) is 4.31 Å². The predicted octanol–water partition coefficient (Wildman–Crippen LogP) is 5.59. The smallest absolute Gasteiger partial charge is 0.407 e. The van der Waals surface area contributed by atoms with E-state index in [9.17, 15) is 22.9 Å². The van der Waals surface area contributed by atoms with Crippen molar-refractivity contribution in [2.24, 2.45) is 11.8 Å². The number of hydrogen-bond acceptors (Lipinski definition) is 12. The predicted molar refractivity (Wildman–Crippen MR) is 211 cm³/mol. The minimum Gasteiger partial charge on any atom is -0.497 e. The topological polar surface area (TPSA) is 171 Å². The van der Waals surface area contributed by atoms with Gasteiger partial charge in [-0.05, 0) is 80.1 Å². The number of alkyl carbamates (subject to hydrolysis) is 1. The number of rotatable bonds is 21. The molecule has 2 aliphatic rings. The number of benzene rings is 3. The highest BCUT2D eigenvalue weighted by molar-refractivity contribution is 7.89. The summed E-state index contributed by atoms with van der Waals surface area (Å²) in [6.07, 6.45) is -2.17. The molecule has 2 saturated heterocycles. The van der Waals surface area contributed by atoms with Crippen molar-refractivity contribution in [3.05, 3.63) is 90.0 Å². The summed E-state index contributed by atoms with van der Waals surface area (Å²) in [5, 5.41) is 17.9. The van der Waals surface area contributed by atoms with Crippen LogP contribution in [0.2, 0.25) is 0 Å². The summed E-state index contributed by atoms with van der Waals surface area (Å²) in [6.45, 7) is 8.87. The highest BCUT2D eigenvalue weighted by Gasteiger charge is 2.44. The molecule has 308 valence electrons. The van der Waals surface area contributed by atoms with Crippen molar-refractivity contribution in [3.63, 3.8) is 0 Å². The minimum atomic E-state index is -4.02. The number of sulfonamides is 1. The molecule has 2 fully saturated rings. The Hall–Kier alpha value is -3.53. The average Bonchev–Trinajstić information content (AvgIpc) is 3.78. The summed E-state index contributed by atoms with van der Waals surface area (Å²) in [6, 6.07) is 21.7. The summed E-state index contributed by atoms with van der Waals surface area (Å²) < 4.78 is 76.2. The van der Waals surface area contributed by atoms with Gasteiger partial charge in [0.25, 0.3) is 0 Å². The summed E-state index contributed by atoms with van der Waals surface area (Å²) in [5.74, 6) is 0.868. The van der Waals surface area contributed by atoms with Gasteiger partial charge in [-0.1, -0.05) is 56.3 Å². The van der Waals surface area contributed by atoms with Crippen LogP contribution in [0.3, 0.4) is 0 Å². The molecule has 0 aromatic heterocycles. The Kier molecular flexibility index (Phi) is 15.8. The van der Waals surface area contributed by atoms with E-state index in [1.54, 1.807) is 24.3 Å². The van der Waals surface area contributed by atoms with E-state index in [1.165, 1.54) is 23.5 Å². The van der Waals surface area contributed by atoms with E-state index >= 15 is 0 Å². The lowest BCUT2D eigenvalue weighted by Gasteiger charge is -2.31. The van der Waals surface area contributed by atoms with Gasteiger partial charge in [-0.15, -0.1) is 0 Å². The normalized spacial score (nSPS) is 20.4. The van der Waals surface area contributed by atoms with Crippen LogP contribution in [0.1, 0.15) is 45.2 Å². The van der Waals surface area contributed by atoms with Crippen LogP contribution in [0, 0.1) is 11.8 Å². The summed E-state index contributed by atoms with van der Waals surface area (Å²) >= 11 is 0. The van der Waals surface area contributed by atoms with Crippen molar-refractivity contribution in [3.8, 4) is 11.5 Å². The fraction of sp³-hybridized carbons (Fsp3) is 0.525. The van der Waals surface area contributed by atoms with Crippen LogP contribution in [0.15, 0.2) is 83.8 Å². The van der Waals surface area contributed by atoms with Crippen LogP contribution >= 0.6 is 7.60 Å². The fourth-order valence-electron chi connectivity index (χ4n) is 6.64. The van der Waals surface area contributed by atoms with Crippen LogP contribution in [-0.2, 0) is 46.3 Å². The molecule has 3 aromatic carbocycles. The van der Waals surface area contributed by atoms with Gasteiger partial charge in [0.2, 0.25) is 10.0 Å². The Bertz CT molecular complexity index is 1830. The van der Waals surface area contributed by atoms with Crippen molar-refractivity contribution in [2.75, 3.05) is 46.1 Å². The van der Waals surface area contributed by atoms with E-state index < -0.39 is 48.3 Å². The summed E-state index contributed by atoms with van der Waals surface area (Å²) in [7, 11) is -5.94. The highest BCUT2D eigenvalue weighted by atomic mass is 32.2. The zero-order valence-corrected chi connectivity index (χ0v) is 34.5. The number of hydrogen-bond donors (Lipinski definition) is 3. The lowest BCUT2D eigenvalue weighted by Crippen LogP contribution is -2.51. The largest absolute Gasteiger partial charge is 0.497 e. The molecule has 2 heterocycles. The molecule has 0 spiro atoms. The molecule has 0 saturated carbocycles. The van der Waals surface area contributed by atoms with Gasteiger partial charge in [0.05, 0.1) is 55.5 Å². The molecule has 1 amide bonds. The molecular formula is C40H56N3O11PS. The Labute approximate surface area is 330 Å². The number of aliphatic hydroxyl groups is 1. The molecule has 0 radical (unpaired) electrons. The lowest BCUT2D eigenvalue weighted by molar-refractivity contribution is -0.0907. The van der Waals surface area contributed by atoms with E-state index in [-0.39, 0.29) is 55.1 Å². The number of nitrogens with one attached hydrogen (secondary N) is 2. The zero-order valence-electron chi connectivity index (χ0n) is 32.7. The van der Waals surface area contributed by atoms with Gasteiger partial charge in [0.15, 0.2) is 6.29 Å². The maximum atomic E-state index is 13.9. The van der Waals surface area contributed by atoms with Crippen LogP contribution in [0.5, 0.6) is 11.5 Å². The van der Waals surface area contributed by atoms with Crippen molar-refractivity contribution in [2.45, 2.75) is 82.6 Å². The van der Waals surface area contributed by atoms with Gasteiger partial charge in [-0.3, -0.25) is 4.52 Å². The number of para-hydroxylation sites is 1. The molecule has 14 nitrogen and oxygen atoms in total. The van der Waals surface area contributed by atoms with Crippen molar-refractivity contribution < 1.29 is 50.9 Å². The fourth-order valence-corrected chi connectivity index (χ4v) is 10.0. The first-order chi connectivity index (χ1) is 26.7. The number of nitrogens with zero attached hydrogens (tertiary/aromatic N) is 1. The van der Waals surface area contributed by atoms with Gasteiger partial charge >= 0.3 is 13.7 Å². The van der Waals surface area contributed by atoms with E-state index in [4.69, 9.17) is 28.0 Å². The van der Waals surface area contributed by atoms with Crippen LogP contribution in [0.4, 0.5) is 4.79 Å². The molecular weight excluding hydrogens is 761 g/mol. The third-order valence-electron chi connectivity index (χ3n) is 9.40. The van der Waals surface area contributed by atoms with E-state index in [1.807, 2.05) is 70.2 Å². The lowest BCUT2D eigenvalue weighted by atomic mass is 10.00. The third-order valence-corrected chi connectivity index (χ3v) is 13.2. The van der Waals surface area contributed by atoms with Crippen molar-refractivity contribution in [1.82, 2.24) is 14.9 Å². The number of carbonyl (C=O) groups excluding carboxylic acids is 1. The Balaban J connectivity index is 1.25. The second-order valence-electron chi connectivity index (χ2n) is 14.8. The molecule has 56 heavy (non-hydrogen) atoms. The van der Waals surface area contributed by atoms with Crippen LogP contribution in [-0.4, -0.2) is 101 Å². The zero-order chi connectivity index (χ0) is 40.3. The van der Waals surface area contributed by atoms with Crippen molar-refractivity contribution in [1.29, 1.82) is 0 Å². The quantitative estimate of drug-likeness (QED) is 0.0902. The molecule has 0 aliphatic carbocycles. The number of fused-ring (bicyclic) bond motifs is 1. The molecule has 0 bridgehead atoms. The number of amides is 1. The first kappa shape index (κ1) is 43.6. The van der Waals surface area contributed by atoms with Gasteiger partial charge in [0, 0.05) is 26.2 Å². The first-order valence-corrected chi connectivity index (χ1v) is 22.2. The molecule has 3 unspecified atom stereocenters. The second-order valence-corrected chi connectivity index (χ2v) is 18.8. The molecule has 3 N–H and O–H groups in total. The minimum absolute atomic E-state index is 0.0530. The third kappa shape index (κ3) is 12.5. The average molecular weight is 818 g/mol. The Morgan fingerprint density at radius 1 is 0.946 bits per heavy atom. The number of carbonyl (C=O) groups is 1. The molecule has 2 aliphatic heterocycles. The Morgan fingerprint density at radius 2 is 1.64 bits per heavy atom. The maximum absolute atomic E-state index is 13.9. The number of aliphatic hydroxyl groups excluding tert-OH is 1. The SMILES string of the molecule is COc1ccc(S(=O)(=O)N(CC(C)C)C[C@@H](O)C(Cc2ccc(CNCCP(=O)(Oc3ccccc3)OC(C)C)cc2)NC(=O)OC2CO[C@H]3OCC[C@@H]23)cc1. The van der Waals surface area contributed by atoms with Crippen LogP contribution < -0.4 is 19.9 Å². The Morgan fingerprint density at radius 3 is 2.30 bits per heavy atom. The number of methoxy groups -OCH3 is 1. The molecule has 16 heteroatoms. The molecule has 5 rings (SSSR count). The molecule has 6 atom stereocenters. The van der Waals surface area contributed by atoms with Gasteiger partial charge in [0.1, 0.15) is 17.6 Å². The summed E-state index contributed by atoms with van der Waals surface area (Å²) in [5.41, 5.74) is 1.75. The van der Waals surface area contributed by atoms with Gasteiger partial charge < -0.3 is 39.2 Å². The van der Waals surface area contributed by atoms with E-state index in [0.717, 1.165) is 11.1 Å². The molecule has 3 aromatic rings. The standard InChI is InChI=1S/C40H56N3O11PS/c1-28(2)25-43(56(47,48)34-17-15-32(49-5)16-18-34)26-37(44)36(42-40(45)52-38-27-51-39-35(38)19-21-50-39)23-30-11-13-31(14-12-30)24-41-20-22-55(46,53-29(3)4)54-33-9-7-6-8-10-33/h6-18,28-29,35-39,41,44H,19-27H2,1-5H3,(H,42,45)/t35-,36?,37+,38?,39+,55?/m0/s1. The van der Waals surface area contributed by atoms with Crippen molar-refractivity contribution >= 4 is 23.7 Å². The van der Waals surface area contributed by atoms with E-state index in [2.05, 4.69) is 10.6 Å². The number of ether oxygens (including phenoxy) is 4. The van der Waals surface area contributed by atoms with Gasteiger partial charge in [-0.25, -0.2) is 17.8 Å². The maximum Gasteiger partial charge on any atom is 0.407 e. The second kappa shape index (κ2) is 20.2.